The maximum Gasteiger partial charge on any atom is 0.282 e. The Kier molecular flexibility index (Phi) is 6.55. The molecule has 1 aromatic carbocycles. The van der Waals surface area contributed by atoms with E-state index in [0.717, 1.165) is 17.8 Å². The Labute approximate surface area is 148 Å². The minimum Gasteiger partial charge on any atom is -0.493 e. The molecular weight excluding hydrogens is 352 g/mol. The molecule has 5 nitrogen and oxygen atoms in total. The number of hydroxylamine groups is 1. The molecule has 0 aliphatic rings. The Morgan fingerprint density at radius 3 is 2.52 bits per heavy atom. The first kappa shape index (κ1) is 19.4. The number of benzene rings is 1. The van der Waals surface area contributed by atoms with E-state index in [9.17, 15) is 13.6 Å². The van der Waals surface area contributed by atoms with Crippen LogP contribution >= 0.6 is 11.3 Å². The summed E-state index contributed by atoms with van der Waals surface area (Å²) in [5.74, 6) is -2.70. The van der Waals surface area contributed by atoms with Gasteiger partial charge in [-0.1, -0.05) is 6.92 Å². The maximum absolute atomic E-state index is 14.4. The highest BCUT2D eigenvalue weighted by molar-refractivity contribution is 7.19. The topological polar surface area (TPSA) is 56.8 Å². The number of ether oxygens (including phenoxy) is 2. The van der Waals surface area contributed by atoms with Crippen LogP contribution in [0.3, 0.4) is 0 Å². The van der Waals surface area contributed by atoms with E-state index in [4.69, 9.17) is 14.3 Å². The minimum atomic E-state index is -3.10. The molecule has 0 spiro atoms. The summed E-state index contributed by atoms with van der Waals surface area (Å²) >= 11 is 0.978. The number of carbonyl (C=O) groups is 1. The van der Waals surface area contributed by atoms with Crippen molar-refractivity contribution in [3.63, 3.8) is 0 Å². The van der Waals surface area contributed by atoms with Gasteiger partial charge in [-0.2, -0.15) is 0 Å². The van der Waals surface area contributed by atoms with Gasteiger partial charge in [0, 0.05) is 23.6 Å². The first-order valence-electron chi connectivity index (χ1n) is 7.85. The highest BCUT2D eigenvalue weighted by atomic mass is 32.1. The molecular formula is C17H21F2NO4S. The second-order valence-corrected chi connectivity index (χ2v) is 6.52. The Hall–Kier alpha value is -1.93. The van der Waals surface area contributed by atoms with Crippen LogP contribution in [0.4, 0.5) is 8.78 Å². The van der Waals surface area contributed by atoms with Crippen LogP contribution in [0.5, 0.6) is 11.5 Å². The van der Waals surface area contributed by atoms with E-state index < -0.39 is 18.3 Å². The lowest BCUT2D eigenvalue weighted by atomic mass is 10.1. The van der Waals surface area contributed by atoms with Gasteiger partial charge in [0.2, 0.25) is 5.91 Å². The van der Waals surface area contributed by atoms with Gasteiger partial charge < -0.3 is 9.47 Å². The van der Waals surface area contributed by atoms with Gasteiger partial charge in [0.1, 0.15) is 0 Å². The molecule has 0 saturated heterocycles. The summed E-state index contributed by atoms with van der Waals surface area (Å²) in [4.78, 5) is 16.3. The van der Waals surface area contributed by atoms with E-state index in [1.807, 2.05) is 6.92 Å². The molecule has 0 fully saturated rings. The zero-order valence-corrected chi connectivity index (χ0v) is 15.2. The molecule has 2 rings (SSSR count). The first-order valence-corrected chi connectivity index (χ1v) is 8.67. The van der Waals surface area contributed by atoms with Gasteiger partial charge in [-0.3, -0.25) is 9.63 Å². The molecule has 0 radical (unpaired) electrons. The normalized spacial score (nSPS) is 11.6. The lowest BCUT2D eigenvalue weighted by Crippen LogP contribution is -2.25. The second-order valence-electron chi connectivity index (χ2n) is 5.43. The third-order valence-electron chi connectivity index (χ3n) is 3.54. The van der Waals surface area contributed by atoms with E-state index in [1.54, 1.807) is 12.1 Å². The van der Waals surface area contributed by atoms with E-state index in [1.165, 1.54) is 20.3 Å². The number of hydrogen-bond donors (Lipinski definition) is 1. The molecule has 0 aliphatic carbocycles. The van der Waals surface area contributed by atoms with E-state index in [2.05, 4.69) is 5.48 Å². The lowest BCUT2D eigenvalue weighted by Gasteiger charge is -2.14. The fraction of sp³-hybridized carbons (Fsp3) is 0.471. The minimum absolute atomic E-state index is 0.0971. The van der Waals surface area contributed by atoms with Crippen molar-refractivity contribution in [1.82, 2.24) is 5.48 Å². The molecule has 1 aromatic heterocycles. The zero-order chi connectivity index (χ0) is 18.4. The highest BCUT2D eigenvalue weighted by Gasteiger charge is 2.34. The molecule has 138 valence electrons. The van der Waals surface area contributed by atoms with Crippen molar-refractivity contribution < 1.29 is 27.9 Å². The number of halogens is 2. The SMILES string of the molecule is CCCONC(=O)CCC(F)(F)c1cc2cc(OC)c(OC)cc2s1. The first-order chi connectivity index (χ1) is 11.9. The third kappa shape index (κ3) is 4.79. The van der Waals surface area contributed by atoms with Gasteiger partial charge in [-0.25, -0.2) is 14.3 Å². The summed E-state index contributed by atoms with van der Waals surface area (Å²) in [5.41, 5.74) is 2.16. The van der Waals surface area contributed by atoms with Crippen LogP contribution in [0, 0.1) is 0 Å². The molecule has 0 saturated carbocycles. The van der Waals surface area contributed by atoms with Crippen LogP contribution in [0.15, 0.2) is 18.2 Å². The third-order valence-corrected chi connectivity index (χ3v) is 4.75. The van der Waals surface area contributed by atoms with Gasteiger partial charge in [0.05, 0.1) is 25.7 Å². The van der Waals surface area contributed by atoms with Gasteiger partial charge in [0.25, 0.3) is 5.92 Å². The predicted molar refractivity (Wildman–Crippen MR) is 92.4 cm³/mol. The van der Waals surface area contributed by atoms with Crippen molar-refractivity contribution in [3.8, 4) is 11.5 Å². The van der Waals surface area contributed by atoms with Crippen molar-refractivity contribution >= 4 is 27.3 Å². The number of nitrogens with one attached hydrogen (secondary N) is 1. The number of hydrogen-bond acceptors (Lipinski definition) is 5. The Morgan fingerprint density at radius 1 is 1.20 bits per heavy atom. The van der Waals surface area contributed by atoms with Crippen LogP contribution in [-0.4, -0.2) is 26.7 Å². The molecule has 0 unspecified atom stereocenters. The molecule has 1 amide bonds. The van der Waals surface area contributed by atoms with Crippen molar-refractivity contribution in [2.24, 2.45) is 0 Å². The maximum atomic E-state index is 14.4. The van der Waals surface area contributed by atoms with Gasteiger partial charge in [-0.15, -0.1) is 11.3 Å². The van der Waals surface area contributed by atoms with Crippen LogP contribution in [0.2, 0.25) is 0 Å². The van der Waals surface area contributed by atoms with Crippen LogP contribution in [-0.2, 0) is 15.6 Å². The van der Waals surface area contributed by atoms with Gasteiger partial charge in [0.15, 0.2) is 11.5 Å². The predicted octanol–water partition coefficient (Wildman–Crippen LogP) is 4.25. The summed E-state index contributed by atoms with van der Waals surface area (Å²) in [6, 6.07) is 4.76. The molecule has 0 aliphatic heterocycles. The number of fused-ring (bicyclic) bond motifs is 1. The average molecular weight is 373 g/mol. The summed E-state index contributed by atoms with van der Waals surface area (Å²) in [6.45, 7) is 2.23. The van der Waals surface area contributed by atoms with E-state index in [-0.39, 0.29) is 11.3 Å². The quantitative estimate of drug-likeness (QED) is 0.527. The monoisotopic (exact) mass is 373 g/mol. The highest BCUT2D eigenvalue weighted by Crippen LogP contribution is 2.43. The lowest BCUT2D eigenvalue weighted by molar-refractivity contribution is -0.135. The largest absolute Gasteiger partial charge is 0.493 e. The van der Waals surface area contributed by atoms with Crippen molar-refractivity contribution in [2.75, 3.05) is 20.8 Å². The molecule has 8 heteroatoms. The molecule has 1 N–H and O–H groups in total. The summed E-state index contributed by atoms with van der Waals surface area (Å²) in [6.07, 6.45) is -0.182. The number of amides is 1. The summed E-state index contributed by atoms with van der Waals surface area (Å²) in [5, 5.41) is 0.646. The number of alkyl halides is 2. The molecule has 25 heavy (non-hydrogen) atoms. The van der Waals surface area contributed by atoms with Crippen molar-refractivity contribution in [1.29, 1.82) is 0 Å². The van der Waals surface area contributed by atoms with E-state index >= 15 is 0 Å². The molecule has 2 aromatic rings. The van der Waals surface area contributed by atoms with Crippen molar-refractivity contribution in [3.05, 3.63) is 23.1 Å². The molecule has 1 heterocycles. The Balaban J connectivity index is 2.11. The van der Waals surface area contributed by atoms with Crippen LogP contribution < -0.4 is 15.0 Å². The zero-order valence-electron chi connectivity index (χ0n) is 14.4. The smallest absolute Gasteiger partial charge is 0.282 e. The Morgan fingerprint density at radius 2 is 1.88 bits per heavy atom. The number of methoxy groups -OCH3 is 2. The number of carbonyl (C=O) groups excluding carboxylic acids is 1. The number of rotatable bonds is 9. The number of thiophene rings is 1. The second kappa shape index (κ2) is 8.44. The Bertz CT molecular complexity index is 692. The van der Waals surface area contributed by atoms with Crippen LogP contribution in [0.25, 0.3) is 10.1 Å². The molecule has 0 atom stereocenters. The van der Waals surface area contributed by atoms with Crippen LogP contribution in [0.1, 0.15) is 31.1 Å². The van der Waals surface area contributed by atoms with E-state index in [0.29, 0.717) is 28.2 Å². The standard InChI is InChI=1S/C17H21F2NO4S/c1-4-7-24-20-16(21)5-6-17(18,19)15-9-11-8-12(22-2)13(23-3)10-14(11)25-15/h8-10H,4-7H2,1-3H3,(H,20,21). The summed E-state index contributed by atoms with van der Waals surface area (Å²) in [7, 11) is 2.98. The fourth-order valence-electron chi connectivity index (χ4n) is 2.22. The van der Waals surface area contributed by atoms with Crippen molar-refractivity contribution in [2.45, 2.75) is 32.1 Å². The fourth-order valence-corrected chi connectivity index (χ4v) is 3.30. The average Bonchev–Trinajstić information content (AvgIpc) is 3.02. The van der Waals surface area contributed by atoms with Gasteiger partial charge in [-0.05, 0) is 23.9 Å². The molecule has 0 bridgehead atoms. The summed E-state index contributed by atoms with van der Waals surface area (Å²) < 4.78 is 39.9. The van der Waals surface area contributed by atoms with Gasteiger partial charge >= 0.3 is 0 Å².